The molecule has 0 amide bonds. The molecule has 2 rings (SSSR count). The molecule has 1 aliphatic heterocycles. The molecule has 3 heteroatoms. The van der Waals surface area contributed by atoms with Crippen LogP contribution in [0.4, 0.5) is 0 Å². The maximum Gasteiger partial charge on any atom is 0.0378 e. The van der Waals surface area contributed by atoms with Gasteiger partial charge in [-0.15, -0.1) is 0 Å². The lowest BCUT2D eigenvalue weighted by Crippen LogP contribution is -2.53. The summed E-state index contributed by atoms with van der Waals surface area (Å²) in [6.45, 7) is 9.15. The van der Waals surface area contributed by atoms with Crippen molar-refractivity contribution in [3.8, 4) is 0 Å². The molecule has 1 aliphatic carbocycles. The molecule has 1 fully saturated rings. The van der Waals surface area contributed by atoms with Crippen LogP contribution >= 0.6 is 11.6 Å². The van der Waals surface area contributed by atoms with Crippen molar-refractivity contribution < 1.29 is 0 Å². The van der Waals surface area contributed by atoms with Gasteiger partial charge in [-0.05, 0) is 50.5 Å². The monoisotopic (exact) mass is 282 g/mol. The lowest BCUT2D eigenvalue weighted by Gasteiger charge is -2.43. The maximum atomic E-state index is 6.14. The molecule has 2 aliphatic rings. The van der Waals surface area contributed by atoms with Gasteiger partial charge in [-0.25, -0.2) is 0 Å². The van der Waals surface area contributed by atoms with Gasteiger partial charge < -0.3 is 5.32 Å². The smallest absolute Gasteiger partial charge is 0.0378 e. The number of hydrogen-bond donors (Lipinski definition) is 1. The van der Waals surface area contributed by atoms with E-state index in [0.29, 0.717) is 23.4 Å². The fourth-order valence-corrected chi connectivity index (χ4v) is 3.20. The molecule has 0 aromatic rings. The Balaban J connectivity index is 1.94. The first-order chi connectivity index (χ1) is 8.87. The Hall–Kier alpha value is -0.310. The van der Waals surface area contributed by atoms with Crippen molar-refractivity contribution in [2.45, 2.75) is 45.7 Å². The molecule has 0 aromatic carbocycles. The SMILES string of the molecule is CN1CCC(NCCC(C)(C)C)C2C=CC(Cl)=CC21. The molecule has 108 valence electrons. The van der Waals surface area contributed by atoms with Gasteiger partial charge in [-0.3, -0.25) is 4.90 Å². The first-order valence-electron chi connectivity index (χ1n) is 7.36. The average molecular weight is 283 g/mol. The molecule has 0 saturated carbocycles. The second-order valence-electron chi connectivity index (χ2n) is 7.12. The van der Waals surface area contributed by atoms with Crippen LogP contribution in [0.1, 0.15) is 33.6 Å². The van der Waals surface area contributed by atoms with Crippen LogP contribution in [-0.2, 0) is 0 Å². The van der Waals surface area contributed by atoms with Gasteiger partial charge in [0.2, 0.25) is 0 Å². The van der Waals surface area contributed by atoms with E-state index in [-0.39, 0.29) is 0 Å². The molecule has 0 bridgehead atoms. The van der Waals surface area contributed by atoms with E-state index in [4.69, 9.17) is 11.6 Å². The van der Waals surface area contributed by atoms with Crippen LogP contribution in [0.5, 0.6) is 0 Å². The highest BCUT2D eigenvalue weighted by atomic mass is 35.5. The van der Waals surface area contributed by atoms with Crippen molar-refractivity contribution >= 4 is 11.6 Å². The van der Waals surface area contributed by atoms with E-state index >= 15 is 0 Å². The third-order valence-electron chi connectivity index (χ3n) is 4.25. The van der Waals surface area contributed by atoms with Gasteiger partial charge in [0.1, 0.15) is 0 Å². The molecular weight excluding hydrogens is 256 g/mol. The highest BCUT2D eigenvalue weighted by Gasteiger charge is 2.34. The molecular formula is C16H27ClN2. The van der Waals surface area contributed by atoms with Crippen molar-refractivity contribution in [2.24, 2.45) is 11.3 Å². The molecule has 3 unspecified atom stereocenters. The number of hydrogen-bond acceptors (Lipinski definition) is 2. The van der Waals surface area contributed by atoms with Gasteiger partial charge in [-0.2, -0.15) is 0 Å². The largest absolute Gasteiger partial charge is 0.313 e. The number of rotatable bonds is 3. The standard InChI is InChI=1S/C16H27ClN2/c1-16(2,3)8-9-18-14-7-10-19(4)15-11-12(17)5-6-13(14)15/h5-6,11,13-15,18H,7-10H2,1-4H3. The fourth-order valence-electron chi connectivity index (χ4n) is 2.99. The molecule has 1 saturated heterocycles. The number of nitrogens with one attached hydrogen (secondary N) is 1. The number of nitrogens with zero attached hydrogens (tertiary/aromatic N) is 1. The molecule has 19 heavy (non-hydrogen) atoms. The lowest BCUT2D eigenvalue weighted by atomic mass is 9.82. The number of likely N-dealkylation sites (N-methyl/N-ethyl adjacent to an activating group) is 1. The Kier molecular flexibility index (Phi) is 4.75. The zero-order chi connectivity index (χ0) is 14.0. The maximum absolute atomic E-state index is 6.14. The molecule has 0 aromatic heterocycles. The summed E-state index contributed by atoms with van der Waals surface area (Å²) < 4.78 is 0. The van der Waals surface area contributed by atoms with Gasteiger partial charge in [0, 0.05) is 23.0 Å². The molecule has 1 N–H and O–H groups in total. The molecule has 0 radical (unpaired) electrons. The minimum absolute atomic E-state index is 0.406. The van der Waals surface area contributed by atoms with Crippen LogP contribution in [-0.4, -0.2) is 37.1 Å². The summed E-state index contributed by atoms with van der Waals surface area (Å²) in [7, 11) is 2.20. The van der Waals surface area contributed by atoms with Gasteiger partial charge in [-0.1, -0.05) is 38.4 Å². The summed E-state index contributed by atoms with van der Waals surface area (Å²) in [6, 6.07) is 1.04. The number of likely N-dealkylation sites (tertiary alicyclic amines) is 1. The zero-order valence-electron chi connectivity index (χ0n) is 12.6. The summed E-state index contributed by atoms with van der Waals surface area (Å²) in [5.41, 5.74) is 0.406. The summed E-state index contributed by atoms with van der Waals surface area (Å²) in [6.07, 6.45) is 8.98. The molecule has 0 spiro atoms. The van der Waals surface area contributed by atoms with E-state index in [1.807, 2.05) is 0 Å². The topological polar surface area (TPSA) is 15.3 Å². The third-order valence-corrected chi connectivity index (χ3v) is 4.50. The third kappa shape index (κ3) is 4.08. The summed E-state index contributed by atoms with van der Waals surface area (Å²) in [5.74, 6) is 0.557. The van der Waals surface area contributed by atoms with Crippen LogP contribution < -0.4 is 5.32 Å². The predicted octanol–water partition coefficient (Wildman–Crippen LogP) is 3.39. The van der Waals surface area contributed by atoms with Gasteiger partial charge in [0.15, 0.2) is 0 Å². The van der Waals surface area contributed by atoms with Crippen LogP contribution in [0.25, 0.3) is 0 Å². The molecule has 1 heterocycles. The summed E-state index contributed by atoms with van der Waals surface area (Å²) >= 11 is 6.14. The average Bonchev–Trinajstić information content (AvgIpc) is 2.31. The Labute approximate surface area is 122 Å². The second kappa shape index (κ2) is 5.99. The Morgan fingerprint density at radius 2 is 2.16 bits per heavy atom. The fraction of sp³-hybridized carbons (Fsp3) is 0.750. The van der Waals surface area contributed by atoms with Gasteiger partial charge in [0.25, 0.3) is 0 Å². The Morgan fingerprint density at radius 3 is 2.84 bits per heavy atom. The number of piperidine rings is 1. The predicted molar refractivity (Wildman–Crippen MR) is 83.5 cm³/mol. The van der Waals surface area contributed by atoms with E-state index in [9.17, 15) is 0 Å². The molecule has 2 nitrogen and oxygen atoms in total. The van der Waals surface area contributed by atoms with Crippen LogP contribution in [0, 0.1) is 11.3 Å². The second-order valence-corrected chi connectivity index (χ2v) is 7.56. The Bertz CT molecular complexity index is 367. The quantitative estimate of drug-likeness (QED) is 0.854. The minimum Gasteiger partial charge on any atom is -0.313 e. The highest BCUT2D eigenvalue weighted by Crippen LogP contribution is 2.31. The highest BCUT2D eigenvalue weighted by molar-refractivity contribution is 6.31. The minimum atomic E-state index is 0.406. The van der Waals surface area contributed by atoms with Gasteiger partial charge >= 0.3 is 0 Å². The Morgan fingerprint density at radius 1 is 1.42 bits per heavy atom. The van der Waals surface area contributed by atoms with Crippen molar-refractivity contribution in [1.29, 1.82) is 0 Å². The van der Waals surface area contributed by atoms with E-state index < -0.39 is 0 Å². The summed E-state index contributed by atoms with van der Waals surface area (Å²) in [5, 5.41) is 4.64. The van der Waals surface area contributed by atoms with Crippen molar-refractivity contribution in [3.63, 3.8) is 0 Å². The zero-order valence-corrected chi connectivity index (χ0v) is 13.4. The summed E-state index contributed by atoms with van der Waals surface area (Å²) in [4.78, 5) is 2.42. The number of fused-ring (bicyclic) bond motifs is 1. The van der Waals surface area contributed by atoms with Crippen LogP contribution in [0.2, 0.25) is 0 Å². The van der Waals surface area contributed by atoms with Crippen molar-refractivity contribution in [3.05, 3.63) is 23.3 Å². The number of halogens is 1. The van der Waals surface area contributed by atoms with Crippen LogP contribution in [0.15, 0.2) is 23.3 Å². The van der Waals surface area contributed by atoms with Crippen molar-refractivity contribution in [2.75, 3.05) is 20.1 Å². The normalized spacial score (nSPS) is 32.1. The lowest BCUT2D eigenvalue weighted by molar-refractivity contribution is 0.140. The first kappa shape index (κ1) is 15.1. The van der Waals surface area contributed by atoms with Crippen molar-refractivity contribution in [1.82, 2.24) is 10.2 Å². The van der Waals surface area contributed by atoms with Crippen LogP contribution in [0.3, 0.4) is 0 Å². The van der Waals surface area contributed by atoms with E-state index in [1.165, 1.54) is 12.8 Å². The van der Waals surface area contributed by atoms with E-state index in [0.717, 1.165) is 18.1 Å². The van der Waals surface area contributed by atoms with Gasteiger partial charge in [0.05, 0.1) is 0 Å². The first-order valence-corrected chi connectivity index (χ1v) is 7.74. The number of allylic oxidation sites excluding steroid dienone is 2. The van der Waals surface area contributed by atoms with E-state index in [1.54, 1.807) is 0 Å². The molecule has 3 atom stereocenters. The van der Waals surface area contributed by atoms with E-state index in [2.05, 4.69) is 56.3 Å².